The second-order valence-electron chi connectivity index (χ2n) is 6.66. The minimum absolute atomic E-state index is 0.179. The smallest absolute Gasteiger partial charge is 0.271 e. The number of anilines is 1. The van der Waals surface area contributed by atoms with Crippen LogP contribution in [0, 0.1) is 0 Å². The Kier molecular flexibility index (Phi) is 5.86. The average Bonchev–Trinajstić information content (AvgIpc) is 3.28. The van der Waals surface area contributed by atoms with Crippen molar-refractivity contribution < 1.29 is 9.53 Å². The van der Waals surface area contributed by atoms with E-state index in [1.807, 2.05) is 36.4 Å². The quantitative estimate of drug-likeness (QED) is 0.666. The predicted octanol–water partition coefficient (Wildman–Crippen LogP) is 3.85. The Balaban J connectivity index is 1.42. The van der Waals surface area contributed by atoms with Gasteiger partial charge in [0.25, 0.3) is 5.91 Å². The first-order valence-corrected chi connectivity index (χ1v) is 9.80. The van der Waals surface area contributed by atoms with Gasteiger partial charge in [0.1, 0.15) is 5.75 Å². The van der Waals surface area contributed by atoms with Crippen LogP contribution in [0.5, 0.6) is 11.6 Å². The van der Waals surface area contributed by atoms with Crippen molar-refractivity contribution in [3.8, 4) is 11.6 Å². The minimum Gasteiger partial charge on any atom is -0.439 e. The number of amides is 1. The van der Waals surface area contributed by atoms with E-state index in [0.717, 1.165) is 31.5 Å². The summed E-state index contributed by atoms with van der Waals surface area (Å²) in [6.07, 6.45) is 5.32. The number of rotatable bonds is 6. The molecule has 0 spiro atoms. The van der Waals surface area contributed by atoms with Gasteiger partial charge in [0.2, 0.25) is 11.8 Å². The van der Waals surface area contributed by atoms with E-state index in [0.29, 0.717) is 24.1 Å². The van der Waals surface area contributed by atoms with Crippen LogP contribution in [-0.4, -0.2) is 33.9 Å². The van der Waals surface area contributed by atoms with Crippen LogP contribution >= 0.6 is 11.6 Å². The molecule has 8 heteroatoms. The van der Waals surface area contributed by atoms with E-state index in [2.05, 4.69) is 25.2 Å². The molecule has 3 heterocycles. The number of benzene rings is 1. The third-order valence-corrected chi connectivity index (χ3v) is 4.83. The Morgan fingerprint density at radius 3 is 2.72 bits per heavy atom. The van der Waals surface area contributed by atoms with Crippen LogP contribution in [0.3, 0.4) is 0 Å². The van der Waals surface area contributed by atoms with Gasteiger partial charge >= 0.3 is 0 Å². The first kappa shape index (κ1) is 19.1. The lowest BCUT2D eigenvalue weighted by molar-refractivity contribution is 0.0946. The fourth-order valence-electron chi connectivity index (χ4n) is 3.08. The number of nitrogens with zero attached hydrogens (tertiary/aromatic N) is 4. The molecule has 4 rings (SSSR count). The highest BCUT2D eigenvalue weighted by molar-refractivity contribution is 6.33. The highest BCUT2D eigenvalue weighted by atomic mass is 35.5. The van der Waals surface area contributed by atoms with Crippen LogP contribution in [-0.2, 0) is 6.54 Å². The van der Waals surface area contributed by atoms with Gasteiger partial charge in [0, 0.05) is 31.9 Å². The Morgan fingerprint density at radius 1 is 1.14 bits per heavy atom. The molecule has 0 radical (unpaired) electrons. The predicted molar refractivity (Wildman–Crippen MR) is 110 cm³/mol. The molecule has 1 aromatic carbocycles. The summed E-state index contributed by atoms with van der Waals surface area (Å²) in [5.74, 6) is 1.35. The molecule has 148 valence electrons. The van der Waals surface area contributed by atoms with Crippen molar-refractivity contribution in [1.82, 2.24) is 20.3 Å². The van der Waals surface area contributed by atoms with Gasteiger partial charge in [-0.15, -0.1) is 0 Å². The molecule has 0 bridgehead atoms. The highest BCUT2D eigenvalue weighted by Gasteiger charge is 2.19. The normalized spacial score (nSPS) is 13.3. The number of hydrogen-bond donors (Lipinski definition) is 1. The maximum atomic E-state index is 12.6. The molecule has 0 aliphatic carbocycles. The van der Waals surface area contributed by atoms with Crippen molar-refractivity contribution in [2.75, 3.05) is 18.0 Å². The average molecular weight is 410 g/mol. The topological polar surface area (TPSA) is 80.2 Å². The lowest BCUT2D eigenvalue weighted by atomic mass is 10.2. The zero-order valence-electron chi connectivity index (χ0n) is 15.7. The third kappa shape index (κ3) is 4.81. The number of halogens is 1. The fourth-order valence-corrected chi connectivity index (χ4v) is 3.25. The third-order valence-electron chi connectivity index (χ3n) is 4.55. The summed E-state index contributed by atoms with van der Waals surface area (Å²) in [5, 5.41) is 3.08. The molecule has 1 N–H and O–H groups in total. The summed E-state index contributed by atoms with van der Waals surface area (Å²) in [6.45, 7) is 2.08. The Bertz CT molecular complexity index is 993. The van der Waals surface area contributed by atoms with Crippen molar-refractivity contribution in [2.45, 2.75) is 19.4 Å². The van der Waals surface area contributed by atoms with Gasteiger partial charge in [-0.3, -0.25) is 4.79 Å². The van der Waals surface area contributed by atoms with Crippen LogP contribution in [0.4, 0.5) is 5.95 Å². The van der Waals surface area contributed by atoms with Crippen molar-refractivity contribution in [1.29, 1.82) is 0 Å². The standard InChI is InChI=1S/C21H20ClN5O2/c22-17-14-25-21(27-10-4-5-11-27)26-19(17)20(28)24-13-15-8-9-23-18(12-15)29-16-6-2-1-3-7-16/h1-3,6-9,12,14H,4-5,10-11,13H2,(H,24,28). The van der Waals surface area contributed by atoms with E-state index < -0.39 is 0 Å². The minimum atomic E-state index is -0.347. The number of ether oxygens (including phenoxy) is 1. The number of nitrogens with one attached hydrogen (secondary N) is 1. The summed E-state index contributed by atoms with van der Waals surface area (Å²) >= 11 is 6.16. The molecular formula is C21H20ClN5O2. The van der Waals surface area contributed by atoms with E-state index in [4.69, 9.17) is 16.3 Å². The molecule has 1 fully saturated rings. The summed E-state index contributed by atoms with van der Waals surface area (Å²) in [5.41, 5.74) is 1.03. The lowest BCUT2D eigenvalue weighted by Crippen LogP contribution is -2.26. The molecule has 0 atom stereocenters. The van der Waals surface area contributed by atoms with Gasteiger partial charge in [-0.25, -0.2) is 15.0 Å². The molecule has 3 aromatic rings. The summed E-state index contributed by atoms with van der Waals surface area (Å²) in [6, 6.07) is 13.0. The molecule has 29 heavy (non-hydrogen) atoms. The summed E-state index contributed by atoms with van der Waals surface area (Å²) < 4.78 is 5.73. The molecule has 0 saturated carbocycles. The van der Waals surface area contributed by atoms with Crippen LogP contribution in [0.15, 0.2) is 54.9 Å². The van der Waals surface area contributed by atoms with Crippen molar-refractivity contribution >= 4 is 23.5 Å². The zero-order valence-corrected chi connectivity index (χ0v) is 16.5. The lowest BCUT2D eigenvalue weighted by Gasteiger charge is -2.16. The number of aromatic nitrogens is 3. The number of carbonyl (C=O) groups is 1. The number of pyridine rings is 1. The van der Waals surface area contributed by atoms with Gasteiger partial charge in [-0.1, -0.05) is 29.8 Å². The molecule has 1 aliphatic heterocycles. The highest BCUT2D eigenvalue weighted by Crippen LogP contribution is 2.21. The van der Waals surface area contributed by atoms with Gasteiger partial charge in [0.15, 0.2) is 5.69 Å². The van der Waals surface area contributed by atoms with E-state index in [9.17, 15) is 4.79 Å². The van der Waals surface area contributed by atoms with E-state index in [-0.39, 0.29) is 16.6 Å². The number of hydrogen-bond acceptors (Lipinski definition) is 6. The summed E-state index contributed by atoms with van der Waals surface area (Å²) in [4.78, 5) is 27.5. The van der Waals surface area contributed by atoms with Gasteiger partial charge in [-0.2, -0.15) is 0 Å². The van der Waals surface area contributed by atoms with Gasteiger partial charge in [-0.05, 0) is 36.6 Å². The molecule has 7 nitrogen and oxygen atoms in total. The van der Waals surface area contributed by atoms with Crippen molar-refractivity contribution in [3.05, 3.63) is 71.1 Å². The SMILES string of the molecule is O=C(NCc1ccnc(Oc2ccccc2)c1)c1nc(N2CCCC2)ncc1Cl. The molecule has 1 aliphatic rings. The Labute approximate surface area is 173 Å². The van der Waals surface area contributed by atoms with E-state index in [1.165, 1.54) is 6.20 Å². The molecular weight excluding hydrogens is 390 g/mol. The Hall–Kier alpha value is -3.19. The monoisotopic (exact) mass is 409 g/mol. The van der Waals surface area contributed by atoms with Gasteiger partial charge < -0.3 is 15.0 Å². The maximum Gasteiger partial charge on any atom is 0.271 e. The van der Waals surface area contributed by atoms with E-state index >= 15 is 0 Å². The van der Waals surface area contributed by atoms with Crippen molar-refractivity contribution in [3.63, 3.8) is 0 Å². The first-order valence-electron chi connectivity index (χ1n) is 9.42. The van der Waals surface area contributed by atoms with Crippen LogP contribution in [0.1, 0.15) is 28.9 Å². The Morgan fingerprint density at radius 2 is 1.93 bits per heavy atom. The van der Waals surface area contributed by atoms with E-state index in [1.54, 1.807) is 12.3 Å². The zero-order chi connectivity index (χ0) is 20.1. The summed E-state index contributed by atoms with van der Waals surface area (Å²) in [7, 11) is 0. The largest absolute Gasteiger partial charge is 0.439 e. The molecule has 1 amide bonds. The van der Waals surface area contributed by atoms with Crippen molar-refractivity contribution in [2.24, 2.45) is 0 Å². The number of para-hydroxylation sites is 1. The van der Waals surface area contributed by atoms with Gasteiger partial charge in [0.05, 0.1) is 11.2 Å². The van der Waals surface area contributed by atoms with Crippen LogP contribution in [0.25, 0.3) is 0 Å². The molecule has 2 aromatic heterocycles. The first-order chi connectivity index (χ1) is 14.2. The second kappa shape index (κ2) is 8.87. The van der Waals surface area contributed by atoms with Crippen LogP contribution < -0.4 is 15.0 Å². The fraction of sp³-hybridized carbons (Fsp3) is 0.238. The van der Waals surface area contributed by atoms with Crippen LogP contribution in [0.2, 0.25) is 5.02 Å². The molecule has 1 saturated heterocycles. The number of carbonyl (C=O) groups excluding carboxylic acids is 1. The second-order valence-corrected chi connectivity index (χ2v) is 7.07. The molecule has 0 unspecified atom stereocenters. The maximum absolute atomic E-state index is 12.6.